The molecule has 0 saturated heterocycles. The van der Waals surface area contributed by atoms with Crippen LogP contribution in [0.3, 0.4) is 0 Å². The third-order valence-electron chi connectivity index (χ3n) is 4.74. The van der Waals surface area contributed by atoms with E-state index in [2.05, 4.69) is 25.9 Å². The number of aromatic nitrogens is 4. The van der Waals surface area contributed by atoms with E-state index in [4.69, 9.17) is 21.7 Å². The molecule has 2 aromatic heterocycles. The summed E-state index contributed by atoms with van der Waals surface area (Å²) in [6.45, 7) is 3.81. The third kappa shape index (κ3) is 4.25. The van der Waals surface area contributed by atoms with Crippen LogP contribution in [0.2, 0.25) is 0 Å². The maximum Gasteiger partial charge on any atom is 0.257 e. The number of nitrogens with one attached hydrogen (secondary N) is 2. The summed E-state index contributed by atoms with van der Waals surface area (Å²) in [6, 6.07) is 10.7. The molecule has 0 aliphatic heterocycles. The molecule has 2 heterocycles. The summed E-state index contributed by atoms with van der Waals surface area (Å²) in [5, 5.41) is 19.5. The van der Waals surface area contributed by atoms with E-state index in [0.29, 0.717) is 17.1 Å². The lowest BCUT2D eigenvalue weighted by Crippen LogP contribution is -2.34. The lowest BCUT2D eigenvalue weighted by molar-refractivity contribution is 0.0977. The molecule has 0 aliphatic carbocycles. The lowest BCUT2D eigenvalue weighted by atomic mass is 10.1. The number of aryl methyl sites for hydroxylation is 2. The number of carbonyl (C=O) groups excluding carboxylic acids is 1. The molecule has 4 aromatic rings. The molecule has 1 amide bonds. The molecule has 0 fully saturated rings. The van der Waals surface area contributed by atoms with Crippen LogP contribution in [0, 0.1) is 13.8 Å². The SMILES string of the molecule is COc1ccc(C(=O)NC(=S)Nc2ccc(-c3nn4c(C)nnc4s3)cc2C)cc1OC. The molecule has 0 spiro atoms. The summed E-state index contributed by atoms with van der Waals surface area (Å²) in [5.41, 5.74) is 3.10. The molecule has 9 nitrogen and oxygen atoms in total. The number of rotatable bonds is 5. The standard InChI is InChI=1S/C21H20N6O3S2/c1-11-9-14(19-26-27-12(2)24-25-21(27)32-19)5-7-15(11)22-20(31)23-18(28)13-6-8-16(29-3)17(10-13)30-4/h5-10H,1-4H3,(H2,22,23,28,31). The molecule has 0 unspecified atom stereocenters. The van der Waals surface area contributed by atoms with Gasteiger partial charge in [0.15, 0.2) is 22.4 Å². The van der Waals surface area contributed by atoms with Crippen LogP contribution in [0.1, 0.15) is 21.7 Å². The highest BCUT2D eigenvalue weighted by Gasteiger charge is 2.14. The van der Waals surface area contributed by atoms with Gasteiger partial charge in [-0.3, -0.25) is 10.1 Å². The van der Waals surface area contributed by atoms with Gasteiger partial charge in [0.2, 0.25) is 4.96 Å². The Bertz CT molecular complexity index is 1330. The number of thiocarbonyl (C=S) groups is 1. The number of hydrogen-bond acceptors (Lipinski definition) is 8. The first-order valence-electron chi connectivity index (χ1n) is 9.54. The molecule has 2 aromatic carbocycles. The van der Waals surface area contributed by atoms with Crippen LogP contribution >= 0.6 is 23.6 Å². The number of anilines is 1. The molecular weight excluding hydrogens is 448 g/mol. The Balaban J connectivity index is 1.45. The van der Waals surface area contributed by atoms with E-state index in [1.54, 1.807) is 22.7 Å². The molecule has 0 saturated carbocycles. The molecule has 164 valence electrons. The Kier molecular flexibility index (Phi) is 6.01. The van der Waals surface area contributed by atoms with Gasteiger partial charge in [-0.1, -0.05) is 11.3 Å². The molecule has 0 aliphatic rings. The normalized spacial score (nSPS) is 10.8. The predicted octanol–water partition coefficient (Wildman–Crippen LogP) is 3.61. The monoisotopic (exact) mass is 468 g/mol. The van der Waals surface area contributed by atoms with Crippen LogP contribution in [0.25, 0.3) is 15.5 Å². The molecular formula is C21H20N6O3S2. The second-order valence-corrected chi connectivity index (χ2v) is 8.22. The van der Waals surface area contributed by atoms with Crippen LogP contribution in [0.5, 0.6) is 11.5 Å². The Morgan fingerprint density at radius 3 is 2.53 bits per heavy atom. The van der Waals surface area contributed by atoms with Gasteiger partial charge in [0.1, 0.15) is 5.01 Å². The van der Waals surface area contributed by atoms with Crippen molar-refractivity contribution < 1.29 is 14.3 Å². The fourth-order valence-electron chi connectivity index (χ4n) is 3.07. The fourth-order valence-corrected chi connectivity index (χ4v) is 4.16. The van der Waals surface area contributed by atoms with Crippen molar-refractivity contribution in [1.82, 2.24) is 25.1 Å². The summed E-state index contributed by atoms with van der Waals surface area (Å²) in [5.74, 6) is 1.40. The van der Waals surface area contributed by atoms with Crippen molar-refractivity contribution in [3.05, 3.63) is 53.3 Å². The highest BCUT2D eigenvalue weighted by Crippen LogP contribution is 2.29. The van der Waals surface area contributed by atoms with Crippen LogP contribution in [-0.4, -0.2) is 45.1 Å². The summed E-state index contributed by atoms with van der Waals surface area (Å²) in [7, 11) is 3.05. The molecule has 32 heavy (non-hydrogen) atoms. The number of ether oxygens (including phenoxy) is 2. The highest BCUT2D eigenvalue weighted by molar-refractivity contribution is 7.80. The van der Waals surface area contributed by atoms with E-state index in [-0.39, 0.29) is 11.0 Å². The molecule has 0 atom stereocenters. The zero-order valence-electron chi connectivity index (χ0n) is 17.8. The lowest BCUT2D eigenvalue weighted by Gasteiger charge is -2.13. The van der Waals surface area contributed by atoms with Gasteiger partial charge >= 0.3 is 0 Å². The molecule has 0 radical (unpaired) electrons. The fraction of sp³-hybridized carbons (Fsp3) is 0.190. The summed E-state index contributed by atoms with van der Waals surface area (Å²) in [6.07, 6.45) is 0. The number of carbonyl (C=O) groups is 1. The topological polar surface area (TPSA) is 103 Å². The average molecular weight is 469 g/mol. The first kappa shape index (κ1) is 21.7. The summed E-state index contributed by atoms with van der Waals surface area (Å²) < 4.78 is 12.2. The number of nitrogens with zero attached hydrogens (tertiary/aromatic N) is 4. The first-order chi connectivity index (χ1) is 15.4. The minimum atomic E-state index is -0.354. The van der Waals surface area contributed by atoms with E-state index >= 15 is 0 Å². The van der Waals surface area contributed by atoms with E-state index in [1.807, 2.05) is 32.0 Å². The third-order valence-corrected chi connectivity index (χ3v) is 5.89. The molecule has 11 heteroatoms. The predicted molar refractivity (Wildman–Crippen MR) is 127 cm³/mol. The number of fused-ring (bicyclic) bond motifs is 1. The largest absolute Gasteiger partial charge is 0.493 e. The maximum absolute atomic E-state index is 12.6. The van der Waals surface area contributed by atoms with Gasteiger partial charge in [-0.25, -0.2) is 0 Å². The maximum atomic E-state index is 12.6. The molecule has 0 bridgehead atoms. The number of amides is 1. The van der Waals surface area contributed by atoms with Crippen molar-refractivity contribution in [3.63, 3.8) is 0 Å². The number of benzene rings is 2. The van der Waals surface area contributed by atoms with Crippen LogP contribution in [-0.2, 0) is 0 Å². The smallest absolute Gasteiger partial charge is 0.257 e. The zero-order valence-corrected chi connectivity index (χ0v) is 19.4. The van der Waals surface area contributed by atoms with Crippen molar-refractivity contribution in [3.8, 4) is 22.1 Å². The van der Waals surface area contributed by atoms with Crippen molar-refractivity contribution in [2.75, 3.05) is 19.5 Å². The number of methoxy groups -OCH3 is 2. The van der Waals surface area contributed by atoms with Crippen LogP contribution in [0.4, 0.5) is 5.69 Å². The highest BCUT2D eigenvalue weighted by atomic mass is 32.1. The summed E-state index contributed by atoms with van der Waals surface area (Å²) >= 11 is 6.79. The van der Waals surface area contributed by atoms with Crippen molar-refractivity contribution in [1.29, 1.82) is 0 Å². The Labute approximate surface area is 193 Å². The Morgan fingerprint density at radius 2 is 1.84 bits per heavy atom. The van der Waals surface area contributed by atoms with Gasteiger partial charge in [0.05, 0.1) is 14.2 Å². The average Bonchev–Trinajstić information content (AvgIpc) is 3.36. The van der Waals surface area contributed by atoms with Crippen LogP contribution in [0.15, 0.2) is 36.4 Å². The second kappa shape index (κ2) is 8.89. The quantitative estimate of drug-likeness (QED) is 0.428. The van der Waals surface area contributed by atoms with Crippen molar-refractivity contribution in [2.24, 2.45) is 0 Å². The van der Waals surface area contributed by atoms with Gasteiger partial charge in [-0.15, -0.1) is 10.2 Å². The van der Waals surface area contributed by atoms with Crippen LogP contribution < -0.4 is 20.1 Å². The van der Waals surface area contributed by atoms with Gasteiger partial charge in [0, 0.05) is 16.8 Å². The summed E-state index contributed by atoms with van der Waals surface area (Å²) in [4.78, 5) is 13.3. The van der Waals surface area contributed by atoms with Gasteiger partial charge in [-0.2, -0.15) is 9.61 Å². The van der Waals surface area contributed by atoms with Crippen molar-refractivity contribution in [2.45, 2.75) is 13.8 Å². The molecule has 4 rings (SSSR count). The minimum Gasteiger partial charge on any atom is -0.493 e. The minimum absolute atomic E-state index is 0.190. The Morgan fingerprint density at radius 1 is 1.06 bits per heavy atom. The van der Waals surface area contributed by atoms with E-state index in [1.165, 1.54) is 25.6 Å². The Hall–Kier alpha value is -3.57. The van der Waals surface area contributed by atoms with Gasteiger partial charge in [0.25, 0.3) is 5.91 Å². The second-order valence-electron chi connectivity index (χ2n) is 6.86. The van der Waals surface area contributed by atoms with Gasteiger partial charge < -0.3 is 14.8 Å². The first-order valence-corrected chi connectivity index (χ1v) is 10.8. The van der Waals surface area contributed by atoms with E-state index < -0.39 is 0 Å². The van der Waals surface area contributed by atoms with Gasteiger partial charge in [-0.05, 0) is 68.0 Å². The number of hydrogen-bond donors (Lipinski definition) is 2. The molecule has 2 N–H and O–H groups in total. The van der Waals surface area contributed by atoms with E-state index in [9.17, 15) is 4.79 Å². The van der Waals surface area contributed by atoms with E-state index in [0.717, 1.165) is 32.6 Å². The zero-order chi connectivity index (χ0) is 22.8. The van der Waals surface area contributed by atoms with Crippen molar-refractivity contribution >= 4 is 45.2 Å².